The summed E-state index contributed by atoms with van der Waals surface area (Å²) < 4.78 is 10.0. The lowest BCUT2D eigenvalue weighted by Gasteiger charge is -2.00. The van der Waals surface area contributed by atoms with Gasteiger partial charge in [-0.3, -0.25) is 0 Å². The molecule has 3 nitrogen and oxygen atoms in total. The van der Waals surface area contributed by atoms with Crippen LogP contribution in [0, 0.1) is 0 Å². The van der Waals surface area contributed by atoms with Crippen molar-refractivity contribution in [2.45, 2.75) is 6.92 Å². The summed E-state index contributed by atoms with van der Waals surface area (Å²) in [5.41, 5.74) is 0.583. The van der Waals surface area contributed by atoms with Crippen molar-refractivity contribution in [3.8, 4) is 0 Å². The van der Waals surface area contributed by atoms with Gasteiger partial charge in [0.05, 0.1) is 16.9 Å². The largest absolute Gasteiger partial charge is 0.462 e. The number of ether oxygens (including phenoxy) is 1. The lowest BCUT2D eigenvalue weighted by Crippen LogP contribution is -2.03. The lowest BCUT2D eigenvalue weighted by molar-refractivity contribution is 0.0526. The van der Waals surface area contributed by atoms with Crippen LogP contribution in [0.1, 0.15) is 17.3 Å². The van der Waals surface area contributed by atoms with E-state index in [4.69, 9.17) is 4.74 Å². The SMILES string of the molecule is CCOC(=O)c1ccc2sncc2c1. The molecule has 0 fully saturated rings. The zero-order chi connectivity index (χ0) is 9.97. The molecule has 0 N–H and O–H groups in total. The van der Waals surface area contributed by atoms with E-state index >= 15 is 0 Å². The van der Waals surface area contributed by atoms with E-state index in [1.165, 1.54) is 11.5 Å². The monoisotopic (exact) mass is 207 g/mol. The number of rotatable bonds is 2. The summed E-state index contributed by atoms with van der Waals surface area (Å²) in [6.07, 6.45) is 1.75. The Balaban J connectivity index is 2.38. The molecular formula is C10H9NO2S. The third-order valence-corrected chi connectivity index (χ3v) is 2.64. The normalized spacial score (nSPS) is 10.4. The minimum Gasteiger partial charge on any atom is -0.462 e. The molecule has 0 aliphatic heterocycles. The molecule has 0 spiro atoms. The number of nitrogens with zero attached hydrogens (tertiary/aromatic N) is 1. The van der Waals surface area contributed by atoms with Crippen LogP contribution < -0.4 is 0 Å². The van der Waals surface area contributed by atoms with Gasteiger partial charge in [-0.25, -0.2) is 4.79 Å². The molecule has 1 aromatic heterocycles. The van der Waals surface area contributed by atoms with Crippen molar-refractivity contribution >= 4 is 27.6 Å². The van der Waals surface area contributed by atoms with Crippen LogP contribution in [0.2, 0.25) is 0 Å². The molecule has 4 heteroatoms. The third-order valence-electron chi connectivity index (χ3n) is 1.86. The van der Waals surface area contributed by atoms with Gasteiger partial charge in [0.1, 0.15) is 0 Å². The molecule has 0 amide bonds. The quantitative estimate of drug-likeness (QED) is 0.710. The first-order valence-corrected chi connectivity index (χ1v) is 5.10. The number of hydrogen-bond donors (Lipinski definition) is 0. The maximum atomic E-state index is 11.4. The fraction of sp³-hybridized carbons (Fsp3) is 0.200. The molecule has 0 aliphatic rings. The molecule has 0 bridgehead atoms. The zero-order valence-corrected chi connectivity index (χ0v) is 8.50. The molecule has 0 radical (unpaired) electrons. The molecule has 72 valence electrons. The molecule has 2 aromatic rings. The second-order valence-electron chi connectivity index (χ2n) is 2.80. The Morgan fingerprint density at radius 1 is 1.57 bits per heavy atom. The molecule has 0 saturated heterocycles. The Hall–Kier alpha value is -1.42. The van der Waals surface area contributed by atoms with Crippen LogP contribution in [0.25, 0.3) is 10.1 Å². The van der Waals surface area contributed by atoms with Crippen molar-refractivity contribution in [3.05, 3.63) is 30.0 Å². The van der Waals surface area contributed by atoms with E-state index in [0.29, 0.717) is 12.2 Å². The van der Waals surface area contributed by atoms with E-state index in [1.54, 1.807) is 25.3 Å². The van der Waals surface area contributed by atoms with Crippen LogP contribution in [-0.2, 0) is 4.74 Å². The van der Waals surface area contributed by atoms with Crippen LogP contribution >= 0.6 is 11.5 Å². The van der Waals surface area contributed by atoms with Gasteiger partial charge in [0.2, 0.25) is 0 Å². The van der Waals surface area contributed by atoms with Crippen LogP contribution in [0.5, 0.6) is 0 Å². The molecule has 0 unspecified atom stereocenters. The number of aromatic nitrogens is 1. The van der Waals surface area contributed by atoms with Crippen LogP contribution in [0.4, 0.5) is 0 Å². The molecule has 1 aromatic carbocycles. The van der Waals surface area contributed by atoms with E-state index in [9.17, 15) is 4.79 Å². The maximum absolute atomic E-state index is 11.4. The lowest BCUT2D eigenvalue weighted by atomic mass is 10.2. The molecular weight excluding hydrogens is 198 g/mol. The topological polar surface area (TPSA) is 39.2 Å². The zero-order valence-electron chi connectivity index (χ0n) is 7.69. The highest BCUT2D eigenvalue weighted by molar-refractivity contribution is 7.13. The summed E-state index contributed by atoms with van der Waals surface area (Å²) in [5, 5.41) is 0.987. The second kappa shape index (κ2) is 3.75. The number of esters is 1. The summed E-state index contributed by atoms with van der Waals surface area (Å²) in [6, 6.07) is 5.45. The molecule has 2 rings (SSSR count). The second-order valence-corrected chi connectivity index (χ2v) is 3.63. The van der Waals surface area contributed by atoms with Crippen LogP contribution in [0.3, 0.4) is 0 Å². The van der Waals surface area contributed by atoms with Gasteiger partial charge in [-0.15, -0.1) is 0 Å². The number of fused-ring (bicyclic) bond motifs is 1. The van der Waals surface area contributed by atoms with Gasteiger partial charge < -0.3 is 4.74 Å². The number of carbonyl (C=O) groups is 1. The van der Waals surface area contributed by atoms with Crippen molar-refractivity contribution in [1.29, 1.82) is 0 Å². The van der Waals surface area contributed by atoms with E-state index in [2.05, 4.69) is 4.37 Å². The molecule has 14 heavy (non-hydrogen) atoms. The van der Waals surface area contributed by atoms with E-state index in [1.807, 2.05) is 6.07 Å². The van der Waals surface area contributed by atoms with Gasteiger partial charge >= 0.3 is 5.97 Å². The van der Waals surface area contributed by atoms with Gasteiger partial charge in [0.25, 0.3) is 0 Å². The summed E-state index contributed by atoms with van der Waals surface area (Å²) in [6.45, 7) is 2.20. The molecule has 0 saturated carbocycles. The van der Waals surface area contributed by atoms with Crippen LogP contribution in [0.15, 0.2) is 24.4 Å². The Morgan fingerprint density at radius 2 is 2.43 bits per heavy atom. The van der Waals surface area contributed by atoms with E-state index in [-0.39, 0.29) is 5.97 Å². The molecule has 0 aliphatic carbocycles. The fourth-order valence-electron chi connectivity index (χ4n) is 1.21. The average molecular weight is 207 g/mol. The highest BCUT2D eigenvalue weighted by atomic mass is 32.1. The van der Waals surface area contributed by atoms with Gasteiger partial charge in [-0.2, -0.15) is 4.37 Å². The standard InChI is InChI=1S/C10H9NO2S/c1-2-13-10(12)7-3-4-9-8(5-7)6-11-14-9/h3-6H,2H2,1H3. The summed E-state index contributed by atoms with van der Waals surface area (Å²) in [4.78, 5) is 11.4. The first-order valence-electron chi connectivity index (χ1n) is 4.33. The first-order chi connectivity index (χ1) is 6.81. The highest BCUT2D eigenvalue weighted by Crippen LogP contribution is 2.19. The number of hydrogen-bond acceptors (Lipinski definition) is 4. The third kappa shape index (κ3) is 1.61. The van der Waals surface area contributed by atoms with Gasteiger partial charge in [0.15, 0.2) is 0 Å². The Morgan fingerprint density at radius 3 is 3.21 bits per heavy atom. The van der Waals surface area contributed by atoms with Crippen molar-refractivity contribution in [3.63, 3.8) is 0 Å². The Kier molecular flexibility index (Phi) is 2.45. The highest BCUT2D eigenvalue weighted by Gasteiger charge is 2.07. The minimum absolute atomic E-state index is 0.277. The van der Waals surface area contributed by atoms with E-state index in [0.717, 1.165) is 10.1 Å². The number of carbonyl (C=O) groups excluding carboxylic acids is 1. The fourth-order valence-corrected chi connectivity index (χ4v) is 1.84. The maximum Gasteiger partial charge on any atom is 0.338 e. The Labute approximate surface area is 85.5 Å². The smallest absolute Gasteiger partial charge is 0.338 e. The molecule has 1 heterocycles. The Bertz CT molecular complexity index is 464. The summed E-state index contributed by atoms with van der Waals surface area (Å²) >= 11 is 1.42. The van der Waals surface area contributed by atoms with Crippen LogP contribution in [-0.4, -0.2) is 16.9 Å². The summed E-state index contributed by atoms with van der Waals surface area (Å²) in [7, 11) is 0. The van der Waals surface area contributed by atoms with Crippen molar-refractivity contribution < 1.29 is 9.53 Å². The van der Waals surface area contributed by atoms with Gasteiger partial charge in [-0.1, -0.05) is 0 Å². The van der Waals surface area contributed by atoms with Gasteiger partial charge in [0, 0.05) is 11.6 Å². The van der Waals surface area contributed by atoms with Crippen molar-refractivity contribution in [2.75, 3.05) is 6.61 Å². The predicted octanol–water partition coefficient (Wildman–Crippen LogP) is 2.47. The van der Waals surface area contributed by atoms with Crippen molar-refractivity contribution in [2.24, 2.45) is 0 Å². The first kappa shape index (κ1) is 9.15. The number of benzene rings is 1. The summed E-state index contributed by atoms with van der Waals surface area (Å²) in [5.74, 6) is -0.277. The van der Waals surface area contributed by atoms with Gasteiger partial charge in [-0.05, 0) is 36.7 Å². The average Bonchev–Trinajstić information content (AvgIpc) is 2.64. The van der Waals surface area contributed by atoms with Crippen molar-refractivity contribution in [1.82, 2.24) is 4.37 Å². The van der Waals surface area contributed by atoms with E-state index < -0.39 is 0 Å². The molecule has 0 atom stereocenters. The predicted molar refractivity (Wildman–Crippen MR) is 55.6 cm³/mol. The minimum atomic E-state index is -0.277.